The summed E-state index contributed by atoms with van der Waals surface area (Å²) in [6, 6.07) is 4.43. The summed E-state index contributed by atoms with van der Waals surface area (Å²) in [6.07, 6.45) is -4.34. The lowest BCUT2D eigenvalue weighted by atomic mass is 10.1. The Hall–Kier alpha value is -1.30. The number of benzene rings is 1. The number of hydrogen-bond donors (Lipinski definition) is 1. The highest BCUT2D eigenvalue weighted by Gasteiger charge is 2.28. The van der Waals surface area contributed by atoms with E-state index in [1.807, 2.05) is 0 Å². The van der Waals surface area contributed by atoms with Crippen LogP contribution in [-0.4, -0.2) is 17.8 Å². The highest BCUT2D eigenvalue weighted by Crippen LogP contribution is 2.21. The Morgan fingerprint density at radius 3 is 2.50 bits per heavy atom. The third-order valence-corrected chi connectivity index (χ3v) is 2.09. The first-order valence-corrected chi connectivity index (χ1v) is 4.80. The van der Waals surface area contributed by atoms with Gasteiger partial charge in [0.2, 0.25) is 0 Å². The molecule has 0 atom stereocenters. The zero-order chi connectivity index (χ0) is 12.3. The van der Waals surface area contributed by atoms with Crippen molar-refractivity contribution in [2.24, 2.45) is 5.73 Å². The van der Waals surface area contributed by atoms with E-state index in [0.717, 1.165) is 0 Å². The normalized spacial score (nSPS) is 11.2. The molecule has 0 heterocycles. The second-order valence-corrected chi connectivity index (χ2v) is 3.68. The van der Waals surface area contributed by atoms with Crippen molar-refractivity contribution in [1.82, 2.24) is 0 Å². The van der Waals surface area contributed by atoms with E-state index >= 15 is 0 Å². The van der Waals surface area contributed by atoms with Gasteiger partial charge >= 0.3 is 6.18 Å². The van der Waals surface area contributed by atoms with Crippen LogP contribution in [0.25, 0.3) is 0 Å². The SMILES string of the molecule is Cc1cc(OCC(F)(F)F)ccc1C(N)=S. The smallest absolute Gasteiger partial charge is 0.422 e. The van der Waals surface area contributed by atoms with Gasteiger partial charge in [-0.3, -0.25) is 0 Å². The average molecular weight is 249 g/mol. The second kappa shape index (κ2) is 4.69. The van der Waals surface area contributed by atoms with Crippen molar-refractivity contribution in [3.8, 4) is 5.75 Å². The molecule has 88 valence electrons. The molecule has 2 N–H and O–H groups in total. The fourth-order valence-electron chi connectivity index (χ4n) is 1.17. The van der Waals surface area contributed by atoms with Crippen molar-refractivity contribution in [3.63, 3.8) is 0 Å². The van der Waals surface area contributed by atoms with E-state index in [0.29, 0.717) is 11.1 Å². The lowest BCUT2D eigenvalue weighted by Gasteiger charge is -2.11. The lowest BCUT2D eigenvalue weighted by molar-refractivity contribution is -0.153. The molecule has 0 fully saturated rings. The van der Waals surface area contributed by atoms with E-state index in [9.17, 15) is 13.2 Å². The monoisotopic (exact) mass is 249 g/mol. The maximum Gasteiger partial charge on any atom is 0.422 e. The van der Waals surface area contributed by atoms with Crippen LogP contribution in [0.3, 0.4) is 0 Å². The number of nitrogens with two attached hydrogens (primary N) is 1. The Kier molecular flexibility index (Phi) is 3.74. The van der Waals surface area contributed by atoms with Crippen LogP contribution in [0.1, 0.15) is 11.1 Å². The predicted molar refractivity (Wildman–Crippen MR) is 58.6 cm³/mol. The fourth-order valence-corrected chi connectivity index (χ4v) is 1.40. The minimum Gasteiger partial charge on any atom is -0.484 e. The number of halogens is 3. The minimum atomic E-state index is -4.34. The number of rotatable bonds is 3. The van der Waals surface area contributed by atoms with Gasteiger partial charge in [0.1, 0.15) is 10.7 Å². The summed E-state index contributed by atoms with van der Waals surface area (Å²) in [5.74, 6) is 0.148. The predicted octanol–water partition coefficient (Wildman–Crippen LogP) is 2.57. The molecule has 0 saturated carbocycles. The van der Waals surface area contributed by atoms with Gasteiger partial charge in [0.05, 0.1) is 0 Å². The molecule has 0 aliphatic heterocycles. The van der Waals surface area contributed by atoms with E-state index in [4.69, 9.17) is 18.0 Å². The molecule has 16 heavy (non-hydrogen) atoms. The number of thiocarbonyl (C=S) groups is 1. The number of hydrogen-bond acceptors (Lipinski definition) is 2. The Balaban J connectivity index is 2.78. The molecule has 0 saturated heterocycles. The molecule has 2 nitrogen and oxygen atoms in total. The summed E-state index contributed by atoms with van der Waals surface area (Å²) in [7, 11) is 0. The van der Waals surface area contributed by atoms with E-state index in [1.54, 1.807) is 13.0 Å². The summed E-state index contributed by atoms with van der Waals surface area (Å²) in [6.45, 7) is 0.397. The van der Waals surface area contributed by atoms with E-state index in [1.165, 1.54) is 12.1 Å². The summed E-state index contributed by atoms with van der Waals surface area (Å²) in [5, 5.41) is 0. The van der Waals surface area contributed by atoms with E-state index < -0.39 is 12.8 Å². The van der Waals surface area contributed by atoms with Crippen molar-refractivity contribution < 1.29 is 17.9 Å². The number of alkyl halides is 3. The Labute approximate surface area is 96.2 Å². The van der Waals surface area contributed by atoms with E-state index in [2.05, 4.69) is 4.74 Å². The first-order chi connectivity index (χ1) is 7.29. The lowest BCUT2D eigenvalue weighted by Crippen LogP contribution is -2.19. The molecular weight excluding hydrogens is 239 g/mol. The maximum atomic E-state index is 11.9. The molecule has 0 bridgehead atoms. The van der Waals surface area contributed by atoms with Gasteiger partial charge in [-0.1, -0.05) is 12.2 Å². The molecule has 0 unspecified atom stereocenters. The third-order valence-electron chi connectivity index (χ3n) is 1.87. The summed E-state index contributed by atoms with van der Waals surface area (Å²) in [4.78, 5) is 0.208. The minimum absolute atomic E-state index is 0.148. The van der Waals surface area contributed by atoms with Crippen LogP contribution in [0.15, 0.2) is 18.2 Å². The topological polar surface area (TPSA) is 35.2 Å². The van der Waals surface area contributed by atoms with Crippen molar-refractivity contribution in [1.29, 1.82) is 0 Å². The van der Waals surface area contributed by atoms with Gasteiger partial charge in [0.25, 0.3) is 0 Å². The second-order valence-electron chi connectivity index (χ2n) is 3.24. The maximum absolute atomic E-state index is 11.9. The van der Waals surface area contributed by atoms with Crippen molar-refractivity contribution in [2.45, 2.75) is 13.1 Å². The van der Waals surface area contributed by atoms with Crippen LogP contribution in [0.4, 0.5) is 13.2 Å². The molecule has 0 aliphatic carbocycles. The number of ether oxygens (including phenoxy) is 1. The molecule has 6 heteroatoms. The molecule has 1 rings (SSSR count). The molecule has 1 aromatic carbocycles. The first-order valence-electron chi connectivity index (χ1n) is 4.39. The van der Waals surface area contributed by atoms with Crippen LogP contribution in [0, 0.1) is 6.92 Å². The van der Waals surface area contributed by atoms with Gasteiger partial charge in [0, 0.05) is 5.56 Å². The summed E-state index contributed by atoms with van der Waals surface area (Å²) >= 11 is 4.77. The fraction of sp³-hybridized carbons (Fsp3) is 0.300. The summed E-state index contributed by atoms with van der Waals surface area (Å²) < 4.78 is 40.2. The molecule has 0 radical (unpaired) electrons. The van der Waals surface area contributed by atoms with Gasteiger partial charge in [-0.2, -0.15) is 13.2 Å². The molecule has 0 aliphatic rings. The Morgan fingerprint density at radius 1 is 1.44 bits per heavy atom. The molecule has 1 aromatic rings. The largest absolute Gasteiger partial charge is 0.484 e. The molecule has 0 amide bonds. The first kappa shape index (κ1) is 12.8. The highest BCUT2D eigenvalue weighted by molar-refractivity contribution is 7.80. The van der Waals surface area contributed by atoms with Gasteiger partial charge in [-0.15, -0.1) is 0 Å². The molecule has 0 spiro atoms. The van der Waals surface area contributed by atoms with E-state index in [-0.39, 0.29) is 10.7 Å². The highest BCUT2D eigenvalue weighted by atomic mass is 32.1. The van der Waals surface area contributed by atoms with Crippen molar-refractivity contribution >= 4 is 17.2 Å². The standard InChI is InChI=1S/C10H10F3NOS/c1-6-4-7(15-5-10(11,12)13)2-3-8(6)9(14)16/h2-4H,5H2,1H3,(H2,14,16). The Bertz CT molecular complexity index is 404. The van der Waals surface area contributed by atoms with Gasteiger partial charge in [-0.25, -0.2) is 0 Å². The van der Waals surface area contributed by atoms with Crippen LogP contribution in [0.5, 0.6) is 5.75 Å². The van der Waals surface area contributed by atoms with Crippen LogP contribution < -0.4 is 10.5 Å². The van der Waals surface area contributed by atoms with Crippen molar-refractivity contribution in [2.75, 3.05) is 6.61 Å². The zero-order valence-electron chi connectivity index (χ0n) is 8.47. The zero-order valence-corrected chi connectivity index (χ0v) is 9.28. The summed E-state index contributed by atoms with van der Waals surface area (Å²) in [5.41, 5.74) is 6.74. The average Bonchev–Trinajstić information content (AvgIpc) is 2.13. The molecule has 0 aromatic heterocycles. The quantitative estimate of drug-likeness (QED) is 0.836. The van der Waals surface area contributed by atoms with Crippen molar-refractivity contribution in [3.05, 3.63) is 29.3 Å². The Morgan fingerprint density at radius 2 is 2.06 bits per heavy atom. The van der Waals surface area contributed by atoms with Gasteiger partial charge < -0.3 is 10.5 Å². The van der Waals surface area contributed by atoms with Crippen LogP contribution in [-0.2, 0) is 0 Å². The third kappa shape index (κ3) is 3.69. The van der Waals surface area contributed by atoms with Crippen LogP contribution in [0.2, 0.25) is 0 Å². The number of aryl methyl sites for hydroxylation is 1. The van der Waals surface area contributed by atoms with Crippen LogP contribution >= 0.6 is 12.2 Å². The van der Waals surface area contributed by atoms with Gasteiger partial charge in [-0.05, 0) is 30.7 Å². The van der Waals surface area contributed by atoms with Gasteiger partial charge in [0.15, 0.2) is 6.61 Å². The molecular formula is C10H10F3NOS.